The molecule has 2 aromatic heterocycles. The van der Waals surface area contributed by atoms with Crippen LogP contribution in [0.3, 0.4) is 0 Å². The van der Waals surface area contributed by atoms with Gasteiger partial charge in [0.25, 0.3) is 0 Å². The molecule has 1 N–H and O–H groups in total. The normalized spacial score (nSPS) is 10.5. The number of aromatic nitrogens is 2. The minimum absolute atomic E-state index is 0.127. The highest BCUT2D eigenvalue weighted by Gasteiger charge is 2.13. The van der Waals surface area contributed by atoms with Crippen molar-refractivity contribution in [2.45, 2.75) is 0 Å². The van der Waals surface area contributed by atoms with Crippen LogP contribution in [0.25, 0.3) is 10.8 Å². The average Bonchev–Trinajstić information content (AvgIpc) is 2.47. The molecule has 0 saturated carbocycles. The number of benzene rings is 1. The summed E-state index contributed by atoms with van der Waals surface area (Å²) < 4.78 is 5.66. The molecule has 3 rings (SSSR count). The van der Waals surface area contributed by atoms with Crippen LogP contribution >= 0.6 is 11.6 Å². The fourth-order valence-corrected chi connectivity index (χ4v) is 2.14. The Kier molecular flexibility index (Phi) is 3.41. The van der Waals surface area contributed by atoms with Crippen molar-refractivity contribution in [3.8, 4) is 11.6 Å². The first kappa shape index (κ1) is 13.3. The largest absolute Gasteiger partial charge is 0.478 e. The maximum absolute atomic E-state index is 11.2. The second kappa shape index (κ2) is 5.38. The molecule has 5 nitrogen and oxygen atoms in total. The van der Waals surface area contributed by atoms with Gasteiger partial charge in [-0.05, 0) is 6.07 Å². The summed E-state index contributed by atoms with van der Waals surface area (Å²) in [5.41, 5.74) is 0.127. The van der Waals surface area contributed by atoms with E-state index >= 15 is 0 Å². The molecule has 0 aliphatic carbocycles. The number of carboxylic acids is 1. The summed E-state index contributed by atoms with van der Waals surface area (Å²) in [7, 11) is 0. The molecule has 0 amide bonds. The minimum Gasteiger partial charge on any atom is -0.478 e. The van der Waals surface area contributed by atoms with Gasteiger partial charge in [0.15, 0.2) is 0 Å². The van der Waals surface area contributed by atoms with E-state index in [1.807, 2.05) is 0 Å². The van der Waals surface area contributed by atoms with Crippen molar-refractivity contribution in [3.05, 3.63) is 59.5 Å². The van der Waals surface area contributed by atoms with Crippen LogP contribution in [0.5, 0.6) is 11.6 Å². The van der Waals surface area contributed by atoms with Crippen LogP contribution in [0.1, 0.15) is 10.4 Å². The zero-order valence-corrected chi connectivity index (χ0v) is 11.4. The van der Waals surface area contributed by atoms with Crippen LogP contribution in [0.4, 0.5) is 0 Å². The zero-order valence-electron chi connectivity index (χ0n) is 10.7. The first-order valence-electron chi connectivity index (χ1n) is 6.04. The number of pyridine rings is 2. The van der Waals surface area contributed by atoms with E-state index in [-0.39, 0.29) is 5.56 Å². The van der Waals surface area contributed by atoms with Gasteiger partial charge in [0.05, 0.1) is 16.8 Å². The molecule has 3 aromatic rings. The zero-order chi connectivity index (χ0) is 14.8. The van der Waals surface area contributed by atoms with E-state index in [1.54, 1.807) is 30.3 Å². The van der Waals surface area contributed by atoms with Crippen LogP contribution in [0.15, 0.2) is 48.9 Å². The van der Waals surface area contributed by atoms with E-state index < -0.39 is 5.97 Å². The molecule has 0 fully saturated rings. The topological polar surface area (TPSA) is 72.3 Å². The molecule has 104 valence electrons. The summed E-state index contributed by atoms with van der Waals surface area (Å²) in [6.45, 7) is 0. The molecule has 0 aliphatic heterocycles. The standard InChI is InChI=1S/C15H9ClN2O3/c16-9-5-10(7-17-6-9)21-14-12-4-2-1-3-11(12)13(8-18-14)15(19)20/h1-8H,(H,19,20). The molecule has 0 atom stereocenters. The quantitative estimate of drug-likeness (QED) is 0.797. The number of ether oxygens (including phenoxy) is 1. The molecule has 1 aromatic carbocycles. The molecule has 0 unspecified atom stereocenters. The number of halogens is 1. The van der Waals surface area contributed by atoms with Crippen LogP contribution in [0, 0.1) is 0 Å². The third-order valence-corrected chi connectivity index (χ3v) is 3.09. The van der Waals surface area contributed by atoms with Crippen LogP contribution in [-0.4, -0.2) is 21.0 Å². The van der Waals surface area contributed by atoms with Gasteiger partial charge in [-0.3, -0.25) is 4.98 Å². The number of carbonyl (C=O) groups is 1. The van der Waals surface area contributed by atoms with Gasteiger partial charge in [-0.25, -0.2) is 9.78 Å². The highest BCUT2D eigenvalue weighted by atomic mass is 35.5. The van der Waals surface area contributed by atoms with E-state index in [9.17, 15) is 9.90 Å². The molecule has 0 saturated heterocycles. The molecule has 6 heteroatoms. The Morgan fingerprint density at radius 1 is 1.14 bits per heavy atom. The van der Waals surface area contributed by atoms with Gasteiger partial charge in [-0.1, -0.05) is 29.8 Å². The Morgan fingerprint density at radius 3 is 2.62 bits per heavy atom. The highest BCUT2D eigenvalue weighted by Crippen LogP contribution is 2.30. The van der Waals surface area contributed by atoms with Crippen LogP contribution < -0.4 is 4.74 Å². The Bertz CT molecular complexity index is 836. The molecule has 2 heterocycles. The minimum atomic E-state index is -1.03. The van der Waals surface area contributed by atoms with Crippen LogP contribution in [-0.2, 0) is 0 Å². The first-order chi connectivity index (χ1) is 10.1. The number of nitrogens with zero attached hydrogens (tertiary/aromatic N) is 2. The highest BCUT2D eigenvalue weighted by molar-refractivity contribution is 6.30. The fourth-order valence-electron chi connectivity index (χ4n) is 1.98. The smallest absolute Gasteiger partial charge is 0.337 e. The lowest BCUT2D eigenvalue weighted by Gasteiger charge is -2.09. The number of hydrogen-bond donors (Lipinski definition) is 1. The summed E-state index contributed by atoms with van der Waals surface area (Å²) in [6.07, 6.45) is 4.28. The van der Waals surface area contributed by atoms with E-state index in [2.05, 4.69) is 9.97 Å². The number of aromatic carboxylic acids is 1. The second-order valence-corrected chi connectivity index (χ2v) is 4.71. The van der Waals surface area contributed by atoms with Crippen molar-refractivity contribution in [1.29, 1.82) is 0 Å². The predicted octanol–water partition coefficient (Wildman–Crippen LogP) is 3.77. The van der Waals surface area contributed by atoms with Gasteiger partial charge >= 0.3 is 5.97 Å². The molecular formula is C15H9ClN2O3. The lowest BCUT2D eigenvalue weighted by atomic mass is 10.1. The molecule has 0 bridgehead atoms. The lowest BCUT2D eigenvalue weighted by molar-refractivity contribution is 0.0698. The second-order valence-electron chi connectivity index (χ2n) is 4.27. The summed E-state index contributed by atoms with van der Waals surface area (Å²) in [5.74, 6) is -0.294. The van der Waals surface area contributed by atoms with Crippen molar-refractivity contribution in [2.75, 3.05) is 0 Å². The van der Waals surface area contributed by atoms with Crippen molar-refractivity contribution < 1.29 is 14.6 Å². The third-order valence-electron chi connectivity index (χ3n) is 2.88. The number of rotatable bonds is 3. The van der Waals surface area contributed by atoms with Gasteiger partial charge in [0.2, 0.25) is 5.88 Å². The van der Waals surface area contributed by atoms with Crippen LogP contribution in [0.2, 0.25) is 5.02 Å². The average molecular weight is 301 g/mol. The SMILES string of the molecule is O=C(O)c1cnc(Oc2cncc(Cl)c2)c2ccccc12. The Morgan fingerprint density at radius 2 is 1.90 bits per heavy atom. The van der Waals surface area contributed by atoms with Crippen molar-refractivity contribution in [2.24, 2.45) is 0 Å². The Hall–Kier alpha value is -2.66. The van der Waals surface area contributed by atoms with Gasteiger partial charge in [-0.15, -0.1) is 0 Å². The Balaban J connectivity index is 2.12. The molecule has 0 radical (unpaired) electrons. The van der Waals surface area contributed by atoms with E-state index in [0.717, 1.165) is 0 Å². The number of carboxylic acid groups (broad SMARTS) is 1. The maximum atomic E-state index is 11.2. The summed E-state index contributed by atoms with van der Waals surface area (Å²) in [6, 6.07) is 8.62. The van der Waals surface area contributed by atoms with Crippen molar-refractivity contribution in [1.82, 2.24) is 9.97 Å². The number of hydrogen-bond acceptors (Lipinski definition) is 4. The maximum Gasteiger partial charge on any atom is 0.337 e. The van der Waals surface area contributed by atoms with Crippen molar-refractivity contribution >= 4 is 28.3 Å². The monoisotopic (exact) mass is 300 g/mol. The predicted molar refractivity (Wildman–Crippen MR) is 78.0 cm³/mol. The third kappa shape index (κ3) is 2.64. The summed E-state index contributed by atoms with van der Waals surface area (Å²) >= 11 is 5.86. The van der Waals surface area contributed by atoms with Gasteiger partial charge < -0.3 is 9.84 Å². The van der Waals surface area contributed by atoms with E-state index in [1.165, 1.54) is 18.6 Å². The summed E-state index contributed by atoms with van der Waals surface area (Å²) in [4.78, 5) is 19.2. The molecule has 21 heavy (non-hydrogen) atoms. The van der Waals surface area contributed by atoms with E-state index in [4.69, 9.17) is 16.3 Å². The molecule has 0 spiro atoms. The van der Waals surface area contributed by atoms with Gasteiger partial charge in [0, 0.05) is 29.2 Å². The Labute approximate surface area is 124 Å². The van der Waals surface area contributed by atoms with Gasteiger partial charge in [-0.2, -0.15) is 0 Å². The van der Waals surface area contributed by atoms with Gasteiger partial charge in [0.1, 0.15) is 5.75 Å². The first-order valence-corrected chi connectivity index (χ1v) is 6.42. The van der Waals surface area contributed by atoms with Crippen molar-refractivity contribution in [3.63, 3.8) is 0 Å². The molecule has 0 aliphatic rings. The summed E-state index contributed by atoms with van der Waals surface area (Å²) in [5, 5.41) is 10.8. The fraction of sp³-hybridized carbons (Fsp3) is 0. The molecular weight excluding hydrogens is 292 g/mol. The van der Waals surface area contributed by atoms with E-state index in [0.29, 0.717) is 27.4 Å². The lowest BCUT2D eigenvalue weighted by Crippen LogP contribution is -2.00. The number of fused-ring (bicyclic) bond motifs is 1.